The fourth-order valence-electron chi connectivity index (χ4n) is 1.57. The van der Waals surface area contributed by atoms with Gasteiger partial charge in [-0.1, -0.05) is 13.0 Å². The molecule has 0 aliphatic rings. The van der Waals surface area contributed by atoms with E-state index in [1.54, 1.807) is 0 Å². The van der Waals surface area contributed by atoms with Crippen molar-refractivity contribution >= 4 is 17.5 Å². The normalized spacial score (nSPS) is 11.8. The lowest BCUT2D eigenvalue weighted by molar-refractivity contribution is -0.121. The molecule has 4 N–H and O–H groups in total. The number of hydrogen-bond acceptors (Lipinski definition) is 3. The van der Waals surface area contributed by atoms with Crippen molar-refractivity contribution < 1.29 is 14.0 Å². The minimum absolute atomic E-state index is 0.0762. The Bertz CT molecular complexity index is 491. The quantitative estimate of drug-likeness (QED) is 0.690. The molecule has 20 heavy (non-hydrogen) atoms. The molecule has 2 amide bonds. The molecule has 0 saturated heterocycles. The van der Waals surface area contributed by atoms with E-state index in [0.717, 1.165) is 6.42 Å². The lowest BCUT2D eigenvalue weighted by atomic mass is 10.1. The molecule has 1 aromatic rings. The van der Waals surface area contributed by atoms with Gasteiger partial charge in [0, 0.05) is 19.0 Å². The summed E-state index contributed by atoms with van der Waals surface area (Å²) in [5.74, 6) is -1.25. The summed E-state index contributed by atoms with van der Waals surface area (Å²) >= 11 is 0. The number of para-hydroxylation sites is 1. The zero-order chi connectivity index (χ0) is 15.1. The molecule has 6 heteroatoms. The standard InChI is InChI=1S/C14H20FN3O2/c1-3-9(2)18-12(19)7-8-17-14(20)10-5-4-6-11(15)13(10)16/h4-6,9H,3,7-8,16H2,1-2H3,(H,17,20)(H,18,19). The molecule has 0 fully saturated rings. The maximum absolute atomic E-state index is 13.2. The van der Waals surface area contributed by atoms with E-state index >= 15 is 0 Å². The van der Waals surface area contributed by atoms with Crippen molar-refractivity contribution in [3.8, 4) is 0 Å². The summed E-state index contributed by atoms with van der Waals surface area (Å²) in [5, 5.41) is 5.33. The number of halogens is 1. The fourth-order valence-corrected chi connectivity index (χ4v) is 1.57. The summed E-state index contributed by atoms with van der Waals surface area (Å²) in [4.78, 5) is 23.3. The SMILES string of the molecule is CCC(C)NC(=O)CCNC(=O)c1cccc(F)c1N. The number of anilines is 1. The van der Waals surface area contributed by atoms with Crippen molar-refractivity contribution in [3.63, 3.8) is 0 Å². The van der Waals surface area contributed by atoms with E-state index in [4.69, 9.17) is 5.73 Å². The molecule has 0 bridgehead atoms. The number of amides is 2. The van der Waals surface area contributed by atoms with Crippen molar-refractivity contribution in [3.05, 3.63) is 29.6 Å². The Morgan fingerprint density at radius 3 is 2.75 bits per heavy atom. The average molecular weight is 281 g/mol. The summed E-state index contributed by atoms with van der Waals surface area (Å²) in [6, 6.07) is 4.15. The number of benzene rings is 1. The van der Waals surface area contributed by atoms with E-state index < -0.39 is 11.7 Å². The van der Waals surface area contributed by atoms with Crippen LogP contribution in [0.25, 0.3) is 0 Å². The summed E-state index contributed by atoms with van der Waals surface area (Å²) < 4.78 is 13.2. The van der Waals surface area contributed by atoms with Crippen LogP contribution in [0, 0.1) is 5.82 Å². The Morgan fingerprint density at radius 2 is 2.10 bits per heavy atom. The van der Waals surface area contributed by atoms with Gasteiger partial charge in [0.2, 0.25) is 5.91 Å². The highest BCUT2D eigenvalue weighted by atomic mass is 19.1. The monoisotopic (exact) mass is 281 g/mol. The van der Waals surface area contributed by atoms with Crippen LogP contribution in [-0.4, -0.2) is 24.4 Å². The fraction of sp³-hybridized carbons (Fsp3) is 0.429. The number of nitrogens with one attached hydrogen (secondary N) is 2. The van der Waals surface area contributed by atoms with E-state index in [0.29, 0.717) is 0 Å². The molecule has 5 nitrogen and oxygen atoms in total. The Hall–Kier alpha value is -2.11. The molecule has 0 saturated carbocycles. The first kappa shape index (κ1) is 15.9. The van der Waals surface area contributed by atoms with Crippen LogP contribution in [0.1, 0.15) is 37.0 Å². The molecule has 110 valence electrons. The number of hydrogen-bond donors (Lipinski definition) is 3. The molecule has 1 atom stereocenters. The third-order valence-electron chi connectivity index (χ3n) is 2.95. The van der Waals surface area contributed by atoms with Crippen LogP contribution in [0.3, 0.4) is 0 Å². The second kappa shape index (κ2) is 7.47. The molecule has 0 radical (unpaired) electrons. The van der Waals surface area contributed by atoms with Gasteiger partial charge in [0.05, 0.1) is 11.3 Å². The van der Waals surface area contributed by atoms with Gasteiger partial charge >= 0.3 is 0 Å². The van der Waals surface area contributed by atoms with Gasteiger partial charge in [-0.3, -0.25) is 9.59 Å². The highest BCUT2D eigenvalue weighted by molar-refractivity contribution is 5.99. The molecule has 1 aromatic carbocycles. The number of nitrogen functional groups attached to an aromatic ring is 1. The second-order valence-electron chi connectivity index (χ2n) is 4.58. The maximum Gasteiger partial charge on any atom is 0.253 e. The van der Waals surface area contributed by atoms with Gasteiger partial charge in [0.25, 0.3) is 5.91 Å². The number of nitrogens with two attached hydrogens (primary N) is 1. The van der Waals surface area contributed by atoms with Gasteiger partial charge in [-0.2, -0.15) is 0 Å². The zero-order valence-corrected chi connectivity index (χ0v) is 11.7. The highest BCUT2D eigenvalue weighted by Crippen LogP contribution is 2.15. The largest absolute Gasteiger partial charge is 0.396 e. The van der Waals surface area contributed by atoms with E-state index in [1.807, 2.05) is 13.8 Å². The van der Waals surface area contributed by atoms with Gasteiger partial charge in [-0.15, -0.1) is 0 Å². The van der Waals surface area contributed by atoms with Crippen LogP contribution in [0.15, 0.2) is 18.2 Å². The first-order chi connectivity index (χ1) is 9.45. The van der Waals surface area contributed by atoms with Crippen molar-refractivity contribution in [1.29, 1.82) is 0 Å². The summed E-state index contributed by atoms with van der Waals surface area (Å²) in [7, 11) is 0. The first-order valence-electron chi connectivity index (χ1n) is 6.57. The van der Waals surface area contributed by atoms with Crippen molar-refractivity contribution in [2.24, 2.45) is 0 Å². The number of carbonyl (C=O) groups is 2. The van der Waals surface area contributed by atoms with E-state index in [1.165, 1.54) is 18.2 Å². The minimum Gasteiger partial charge on any atom is -0.396 e. The smallest absolute Gasteiger partial charge is 0.253 e. The third kappa shape index (κ3) is 4.53. The second-order valence-corrected chi connectivity index (χ2v) is 4.58. The van der Waals surface area contributed by atoms with E-state index in [9.17, 15) is 14.0 Å². The van der Waals surface area contributed by atoms with Gasteiger partial charge in [-0.25, -0.2) is 4.39 Å². The Balaban J connectivity index is 2.44. The average Bonchev–Trinajstić information content (AvgIpc) is 2.41. The van der Waals surface area contributed by atoms with Crippen LogP contribution in [0.2, 0.25) is 0 Å². The molecule has 0 spiro atoms. The lowest BCUT2D eigenvalue weighted by Crippen LogP contribution is -2.35. The van der Waals surface area contributed by atoms with Crippen molar-refractivity contribution in [2.45, 2.75) is 32.7 Å². The van der Waals surface area contributed by atoms with Crippen LogP contribution in [0.5, 0.6) is 0 Å². The molecule has 1 rings (SSSR count). The Labute approximate surface area is 117 Å². The lowest BCUT2D eigenvalue weighted by Gasteiger charge is -2.12. The Morgan fingerprint density at radius 1 is 1.40 bits per heavy atom. The maximum atomic E-state index is 13.2. The van der Waals surface area contributed by atoms with Gasteiger partial charge in [0.1, 0.15) is 5.82 Å². The molecule has 1 unspecified atom stereocenters. The predicted molar refractivity (Wildman–Crippen MR) is 75.7 cm³/mol. The zero-order valence-electron chi connectivity index (χ0n) is 11.7. The topological polar surface area (TPSA) is 84.2 Å². The highest BCUT2D eigenvalue weighted by Gasteiger charge is 2.12. The third-order valence-corrected chi connectivity index (χ3v) is 2.95. The first-order valence-corrected chi connectivity index (χ1v) is 6.57. The van der Waals surface area contributed by atoms with Crippen LogP contribution >= 0.6 is 0 Å². The van der Waals surface area contributed by atoms with Crippen LogP contribution in [0.4, 0.5) is 10.1 Å². The molecular formula is C14H20FN3O2. The summed E-state index contributed by atoms with van der Waals surface area (Å²) in [6.07, 6.45) is 1.02. The van der Waals surface area contributed by atoms with Crippen molar-refractivity contribution in [2.75, 3.05) is 12.3 Å². The molecule has 0 aromatic heterocycles. The van der Waals surface area contributed by atoms with Crippen LogP contribution < -0.4 is 16.4 Å². The number of rotatable bonds is 6. The molecule has 0 aliphatic carbocycles. The molecular weight excluding hydrogens is 261 g/mol. The molecule has 0 aliphatic heterocycles. The molecule has 0 heterocycles. The van der Waals surface area contributed by atoms with Crippen molar-refractivity contribution in [1.82, 2.24) is 10.6 Å². The number of carbonyl (C=O) groups excluding carboxylic acids is 2. The predicted octanol–water partition coefficient (Wildman–Crippen LogP) is 1.44. The van der Waals surface area contributed by atoms with Crippen LogP contribution in [-0.2, 0) is 4.79 Å². The van der Waals surface area contributed by atoms with E-state index in [2.05, 4.69) is 10.6 Å². The Kier molecular flexibility index (Phi) is 5.96. The van der Waals surface area contributed by atoms with Gasteiger partial charge in [0.15, 0.2) is 0 Å². The van der Waals surface area contributed by atoms with Gasteiger partial charge in [-0.05, 0) is 25.5 Å². The minimum atomic E-state index is -0.632. The van der Waals surface area contributed by atoms with E-state index in [-0.39, 0.29) is 36.2 Å². The van der Waals surface area contributed by atoms with Gasteiger partial charge < -0.3 is 16.4 Å². The summed E-state index contributed by atoms with van der Waals surface area (Å²) in [5.41, 5.74) is 5.37. The summed E-state index contributed by atoms with van der Waals surface area (Å²) in [6.45, 7) is 4.06.